The highest BCUT2D eigenvalue weighted by atomic mass is 16.5. The van der Waals surface area contributed by atoms with E-state index in [1.165, 1.54) is 11.1 Å². The van der Waals surface area contributed by atoms with Gasteiger partial charge in [0.2, 0.25) is 0 Å². The summed E-state index contributed by atoms with van der Waals surface area (Å²) in [5, 5.41) is 3.35. The van der Waals surface area contributed by atoms with Gasteiger partial charge >= 0.3 is 0 Å². The summed E-state index contributed by atoms with van der Waals surface area (Å²) in [4.78, 5) is 0. The molecule has 106 valence electrons. The highest BCUT2D eigenvalue weighted by molar-refractivity contribution is 5.46. The Morgan fingerprint density at radius 2 is 1.65 bits per heavy atom. The van der Waals surface area contributed by atoms with Crippen molar-refractivity contribution >= 4 is 0 Å². The Morgan fingerprint density at radius 3 is 2.20 bits per heavy atom. The number of nitrogens with one attached hydrogen (secondary N) is 1. The molecule has 0 heterocycles. The van der Waals surface area contributed by atoms with E-state index >= 15 is 0 Å². The highest BCUT2D eigenvalue weighted by Gasteiger charge is 2.17. The van der Waals surface area contributed by atoms with Crippen LogP contribution in [0.1, 0.15) is 22.7 Å². The van der Waals surface area contributed by atoms with E-state index in [2.05, 4.69) is 36.5 Å². The molecule has 0 saturated heterocycles. The zero-order chi connectivity index (χ0) is 14.5. The Morgan fingerprint density at radius 1 is 0.950 bits per heavy atom. The Balaban J connectivity index is 2.43. The molecule has 1 unspecified atom stereocenters. The number of ether oxygens (including phenoxy) is 2. The third-order valence-electron chi connectivity index (χ3n) is 3.45. The maximum absolute atomic E-state index is 5.50. The second-order valence-corrected chi connectivity index (χ2v) is 4.74. The molecule has 0 aromatic heterocycles. The number of rotatable bonds is 5. The molecular weight excluding hydrogens is 250 g/mol. The average molecular weight is 271 g/mol. The van der Waals surface area contributed by atoms with E-state index < -0.39 is 0 Å². The van der Waals surface area contributed by atoms with Crippen LogP contribution in [0.2, 0.25) is 0 Å². The molecule has 0 aliphatic carbocycles. The van der Waals surface area contributed by atoms with E-state index in [1.54, 1.807) is 14.2 Å². The van der Waals surface area contributed by atoms with Crippen molar-refractivity contribution in [1.29, 1.82) is 0 Å². The number of methoxy groups -OCH3 is 2. The Bertz CT molecular complexity index is 564. The quantitative estimate of drug-likeness (QED) is 0.905. The SMILES string of the molecule is CNC(c1ccc(C)cc1)c1ccc(OC)cc1OC. The van der Waals surface area contributed by atoms with E-state index in [0.29, 0.717) is 0 Å². The first-order chi connectivity index (χ1) is 9.69. The summed E-state index contributed by atoms with van der Waals surface area (Å²) in [7, 11) is 5.29. The van der Waals surface area contributed by atoms with Crippen LogP contribution in [0.3, 0.4) is 0 Å². The summed E-state index contributed by atoms with van der Waals surface area (Å²) < 4.78 is 10.7. The summed E-state index contributed by atoms with van der Waals surface area (Å²) in [5.74, 6) is 1.62. The molecule has 0 spiro atoms. The standard InChI is InChI=1S/C17H21NO2/c1-12-5-7-13(8-6-12)17(18-2)15-10-9-14(19-3)11-16(15)20-4/h5-11,17-18H,1-4H3. The molecule has 3 heteroatoms. The minimum absolute atomic E-state index is 0.0939. The van der Waals surface area contributed by atoms with Gasteiger partial charge in [0, 0.05) is 11.6 Å². The van der Waals surface area contributed by atoms with Crippen molar-refractivity contribution < 1.29 is 9.47 Å². The van der Waals surface area contributed by atoms with Gasteiger partial charge in [0.05, 0.1) is 20.3 Å². The van der Waals surface area contributed by atoms with E-state index in [9.17, 15) is 0 Å². The van der Waals surface area contributed by atoms with Gasteiger partial charge in [-0.1, -0.05) is 29.8 Å². The molecule has 2 aromatic carbocycles. The lowest BCUT2D eigenvalue weighted by atomic mass is 9.97. The first-order valence-corrected chi connectivity index (χ1v) is 6.65. The molecule has 0 amide bonds. The van der Waals surface area contributed by atoms with Crippen LogP contribution in [0.25, 0.3) is 0 Å². The van der Waals surface area contributed by atoms with Gasteiger partial charge in [-0.05, 0) is 31.7 Å². The molecule has 0 aliphatic rings. The molecule has 0 saturated carbocycles. The summed E-state index contributed by atoms with van der Waals surface area (Å²) in [6.07, 6.45) is 0. The summed E-state index contributed by atoms with van der Waals surface area (Å²) in [5.41, 5.74) is 3.56. The van der Waals surface area contributed by atoms with Crippen molar-refractivity contribution in [1.82, 2.24) is 5.32 Å². The topological polar surface area (TPSA) is 30.5 Å². The Hall–Kier alpha value is -2.00. The second-order valence-electron chi connectivity index (χ2n) is 4.74. The van der Waals surface area contributed by atoms with Crippen molar-refractivity contribution in [2.24, 2.45) is 0 Å². The molecule has 1 atom stereocenters. The van der Waals surface area contributed by atoms with Crippen molar-refractivity contribution in [3.05, 3.63) is 59.2 Å². The van der Waals surface area contributed by atoms with Crippen molar-refractivity contribution in [2.45, 2.75) is 13.0 Å². The zero-order valence-corrected chi connectivity index (χ0v) is 12.4. The summed E-state index contributed by atoms with van der Waals surface area (Å²) >= 11 is 0. The summed E-state index contributed by atoms with van der Waals surface area (Å²) in [6.45, 7) is 2.09. The summed E-state index contributed by atoms with van der Waals surface area (Å²) in [6, 6.07) is 14.5. The lowest BCUT2D eigenvalue weighted by Crippen LogP contribution is -2.18. The van der Waals surface area contributed by atoms with Crippen LogP contribution in [0, 0.1) is 6.92 Å². The number of benzene rings is 2. The molecule has 1 N–H and O–H groups in total. The lowest BCUT2D eigenvalue weighted by Gasteiger charge is -2.20. The van der Waals surface area contributed by atoms with Crippen molar-refractivity contribution in [3.8, 4) is 11.5 Å². The fraction of sp³-hybridized carbons (Fsp3) is 0.294. The van der Waals surface area contributed by atoms with Crippen LogP contribution in [-0.4, -0.2) is 21.3 Å². The average Bonchev–Trinajstić information content (AvgIpc) is 2.50. The van der Waals surface area contributed by atoms with E-state index in [-0.39, 0.29) is 6.04 Å². The molecule has 0 radical (unpaired) electrons. The van der Waals surface area contributed by atoms with Crippen LogP contribution in [0.15, 0.2) is 42.5 Å². The molecule has 0 aliphatic heterocycles. The van der Waals surface area contributed by atoms with Crippen LogP contribution in [0.4, 0.5) is 0 Å². The van der Waals surface area contributed by atoms with Gasteiger partial charge < -0.3 is 14.8 Å². The van der Waals surface area contributed by atoms with E-state index in [4.69, 9.17) is 9.47 Å². The minimum Gasteiger partial charge on any atom is -0.497 e. The number of hydrogen-bond donors (Lipinski definition) is 1. The third kappa shape index (κ3) is 2.94. The first kappa shape index (κ1) is 14.4. The minimum atomic E-state index is 0.0939. The van der Waals surface area contributed by atoms with Gasteiger partial charge in [-0.25, -0.2) is 0 Å². The first-order valence-electron chi connectivity index (χ1n) is 6.65. The van der Waals surface area contributed by atoms with Gasteiger partial charge in [0.15, 0.2) is 0 Å². The van der Waals surface area contributed by atoms with Crippen LogP contribution in [0.5, 0.6) is 11.5 Å². The molecule has 0 bridgehead atoms. The monoisotopic (exact) mass is 271 g/mol. The molecule has 0 fully saturated rings. The second kappa shape index (κ2) is 6.44. The normalized spacial score (nSPS) is 12.0. The Kier molecular flexibility index (Phi) is 4.64. The molecule has 3 nitrogen and oxygen atoms in total. The molecule has 2 rings (SSSR count). The predicted octanol–water partition coefficient (Wildman–Crippen LogP) is 3.32. The van der Waals surface area contributed by atoms with Gasteiger partial charge in [-0.2, -0.15) is 0 Å². The van der Waals surface area contributed by atoms with E-state index in [0.717, 1.165) is 17.1 Å². The van der Waals surface area contributed by atoms with Gasteiger partial charge in [0.25, 0.3) is 0 Å². The number of aryl methyl sites for hydroxylation is 1. The third-order valence-corrected chi connectivity index (χ3v) is 3.45. The van der Waals surface area contributed by atoms with Crippen LogP contribution in [-0.2, 0) is 0 Å². The van der Waals surface area contributed by atoms with Crippen LogP contribution >= 0.6 is 0 Å². The maximum Gasteiger partial charge on any atom is 0.127 e. The van der Waals surface area contributed by atoms with Gasteiger partial charge in [-0.15, -0.1) is 0 Å². The van der Waals surface area contributed by atoms with E-state index in [1.807, 2.05) is 25.2 Å². The van der Waals surface area contributed by atoms with Gasteiger partial charge in [-0.3, -0.25) is 0 Å². The largest absolute Gasteiger partial charge is 0.497 e. The zero-order valence-electron chi connectivity index (χ0n) is 12.4. The number of hydrogen-bond acceptors (Lipinski definition) is 3. The fourth-order valence-electron chi connectivity index (χ4n) is 2.32. The predicted molar refractivity (Wildman–Crippen MR) is 81.6 cm³/mol. The Labute approximate surface area is 120 Å². The van der Waals surface area contributed by atoms with Gasteiger partial charge in [0.1, 0.15) is 11.5 Å². The lowest BCUT2D eigenvalue weighted by molar-refractivity contribution is 0.388. The van der Waals surface area contributed by atoms with Crippen molar-refractivity contribution in [3.63, 3.8) is 0 Å². The fourth-order valence-corrected chi connectivity index (χ4v) is 2.32. The maximum atomic E-state index is 5.50. The van der Waals surface area contributed by atoms with Crippen LogP contribution < -0.4 is 14.8 Å². The highest BCUT2D eigenvalue weighted by Crippen LogP contribution is 2.32. The molecule has 20 heavy (non-hydrogen) atoms. The smallest absolute Gasteiger partial charge is 0.127 e. The molecular formula is C17H21NO2. The van der Waals surface area contributed by atoms with Crippen molar-refractivity contribution in [2.75, 3.05) is 21.3 Å². The molecule has 2 aromatic rings.